The van der Waals surface area contributed by atoms with E-state index >= 15 is 0 Å². The monoisotopic (exact) mass is 367 g/mol. The Balaban J connectivity index is 2.96. The molecule has 112 valence electrons. The topological polar surface area (TPSA) is 83.5 Å². The molecule has 1 aromatic rings. The van der Waals surface area contributed by atoms with E-state index in [1.807, 2.05) is 0 Å². The van der Waals surface area contributed by atoms with Crippen molar-refractivity contribution in [3.05, 3.63) is 28.5 Å². The van der Waals surface area contributed by atoms with Crippen molar-refractivity contribution in [1.82, 2.24) is 4.72 Å². The van der Waals surface area contributed by atoms with Crippen LogP contribution < -0.4 is 4.72 Å². The van der Waals surface area contributed by atoms with Crippen molar-refractivity contribution in [1.29, 1.82) is 0 Å². The van der Waals surface area contributed by atoms with Crippen LogP contribution in [0.4, 0.5) is 4.39 Å². The molecule has 0 radical (unpaired) electrons. The van der Waals surface area contributed by atoms with Crippen LogP contribution in [0.1, 0.15) is 20.3 Å². The molecule has 0 saturated carbocycles. The van der Waals surface area contributed by atoms with Crippen LogP contribution in [0.15, 0.2) is 27.6 Å². The fourth-order valence-corrected chi connectivity index (χ4v) is 2.76. The van der Waals surface area contributed by atoms with Gasteiger partial charge in [0.05, 0.1) is 14.8 Å². The first-order chi connectivity index (χ1) is 9.12. The third-order valence-corrected chi connectivity index (χ3v) is 5.19. The Labute approximate surface area is 125 Å². The van der Waals surface area contributed by atoms with E-state index < -0.39 is 27.2 Å². The average Bonchev–Trinajstić information content (AvgIpc) is 2.38. The molecule has 0 spiro atoms. The molecular formula is C12H15BrFNO4S. The Hall–Kier alpha value is -0.990. The van der Waals surface area contributed by atoms with Crippen LogP contribution in [0.25, 0.3) is 0 Å². The second-order valence-electron chi connectivity index (χ2n) is 4.62. The molecule has 8 heteroatoms. The highest BCUT2D eigenvalue weighted by molar-refractivity contribution is 9.10. The highest BCUT2D eigenvalue weighted by atomic mass is 79.9. The number of carboxylic acid groups (broad SMARTS) is 1. The molecule has 1 atom stereocenters. The van der Waals surface area contributed by atoms with E-state index in [1.54, 1.807) is 6.92 Å². The quantitative estimate of drug-likeness (QED) is 0.808. The van der Waals surface area contributed by atoms with Crippen LogP contribution in [0.5, 0.6) is 0 Å². The number of carbonyl (C=O) groups is 1. The normalized spacial score (nSPS) is 14.8. The van der Waals surface area contributed by atoms with Crippen molar-refractivity contribution in [2.24, 2.45) is 5.41 Å². The van der Waals surface area contributed by atoms with Gasteiger partial charge in [-0.3, -0.25) is 4.79 Å². The van der Waals surface area contributed by atoms with Crippen LogP contribution in [-0.4, -0.2) is 26.0 Å². The maximum atomic E-state index is 13.3. The largest absolute Gasteiger partial charge is 0.481 e. The number of halogens is 2. The number of hydrogen-bond donors (Lipinski definition) is 2. The van der Waals surface area contributed by atoms with Crippen molar-refractivity contribution in [3.63, 3.8) is 0 Å². The summed E-state index contributed by atoms with van der Waals surface area (Å²) in [6, 6.07) is 3.39. The van der Waals surface area contributed by atoms with Gasteiger partial charge in [0.2, 0.25) is 10.0 Å². The Morgan fingerprint density at radius 2 is 2.10 bits per heavy atom. The predicted molar refractivity (Wildman–Crippen MR) is 75.3 cm³/mol. The summed E-state index contributed by atoms with van der Waals surface area (Å²) in [6.45, 7) is 2.83. The molecule has 1 rings (SSSR count). The van der Waals surface area contributed by atoms with Crippen molar-refractivity contribution in [2.45, 2.75) is 25.2 Å². The molecule has 2 N–H and O–H groups in total. The molecule has 0 aromatic heterocycles. The zero-order valence-electron chi connectivity index (χ0n) is 11.0. The Morgan fingerprint density at radius 3 is 2.55 bits per heavy atom. The number of sulfonamides is 1. The lowest BCUT2D eigenvalue weighted by Crippen LogP contribution is -2.40. The van der Waals surface area contributed by atoms with Crippen LogP contribution in [0.2, 0.25) is 0 Å². The molecule has 0 aliphatic heterocycles. The fraction of sp³-hybridized carbons (Fsp3) is 0.417. The van der Waals surface area contributed by atoms with Gasteiger partial charge in [-0.25, -0.2) is 17.5 Å². The van der Waals surface area contributed by atoms with Crippen LogP contribution in [-0.2, 0) is 14.8 Å². The molecular weight excluding hydrogens is 353 g/mol. The van der Waals surface area contributed by atoms with E-state index in [0.717, 1.165) is 6.07 Å². The van der Waals surface area contributed by atoms with E-state index in [9.17, 15) is 17.6 Å². The van der Waals surface area contributed by atoms with Gasteiger partial charge < -0.3 is 5.11 Å². The number of nitrogens with one attached hydrogen (secondary N) is 1. The molecule has 1 unspecified atom stereocenters. The molecule has 20 heavy (non-hydrogen) atoms. The number of benzene rings is 1. The highest BCUT2D eigenvalue weighted by Gasteiger charge is 2.32. The lowest BCUT2D eigenvalue weighted by Gasteiger charge is -2.23. The van der Waals surface area contributed by atoms with Gasteiger partial charge in [0, 0.05) is 6.54 Å². The first-order valence-electron chi connectivity index (χ1n) is 5.80. The first kappa shape index (κ1) is 17.1. The second kappa shape index (κ2) is 6.19. The summed E-state index contributed by atoms with van der Waals surface area (Å²) in [7, 11) is -3.95. The minimum atomic E-state index is -3.95. The Kier molecular flexibility index (Phi) is 5.28. The lowest BCUT2D eigenvalue weighted by molar-refractivity contribution is -0.147. The summed E-state index contributed by atoms with van der Waals surface area (Å²) in [5.74, 6) is -1.80. The van der Waals surface area contributed by atoms with E-state index in [4.69, 9.17) is 5.11 Å². The standard InChI is InChI=1S/C12H15BrFNO4S/c1-3-12(2,11(16)17)7-15-20(18,19)8-4-5-9(13)10(14)6-8/h4-6,15H,3,7H2,1-2H3,(H,16,17). The van der Waals surface area contributed by atoms with Crippen molar-refractivity contribution >= 4 is 31.9 Å². The zero-order valence-corrected chi connectivity index (χ0v) is 13.4. The van der Waals surface area contributed by atoms with Crippen molar-refractivity contribution in [2.75, 3.05) is 6.54 Å². The molecule has 0 heterocycles. The van der Waals surface area contributed by atoms with E-state index in [2.05, 4.69) is 20.7 Å². The zero-order chi connectivity index (χ0) is 15.6. The van der Waals surface area contributed by atoms with Gasteiger partial charge in [-0.15, -0.1) is 0 Å². The minimum Gasteiger partial charge on any atom is -0.481 e. The third kappa shape index (κ3) is 3.77. The minimum absolute atomic E-state index is 0.153. The van der Waals surface area contributed by atoms with Crippen LogP contribution in [0, 0.1) is 11.2 Å². The smallest absolute Gasteiger partial charge is 0.310 e. The molecule has 5 nitrogen and oxygen atoms in total. The van der Waals surface area contributed by atoms with E-state index in [0.29, 0.717) is 0 Å². The second-order valence-corrected chi connectivity index (χ2v) is 7.24. The molecule has 1 aromatic carbocycles. The summed E-state index contributed by atoms with van der Waals surface area (Å²) in [4.78, 5) is 10.9. The summed E-state index contributed by atoms with van der Waals surface area (Å²) >= 11 is 2.93. The van der Waals surface area contributed by atoms with Gasteiger partial charge in [-0.05, 0) is 47.5 Å². The first-order valence-corrected chi connectivity index (χ1v) is 8.08. The number of rotatable bonds is 6. The van der Waals surface area contributed by atoms with Crippen LogP contribution >= 0.6 is 15.9 Å². The molecule has 0 fully saturated rings. The van der Waals surface area contributed by atoms with Crippen molar-refractivity contribution < 1.29 is 22.7 Å². The average molecular weight is 368 g/mol. The summed E-state index contributed by atoms with van der Waals surface area (Å²) in [5, 5.41) is 9.08. The SMILES string of the molecule is CCC(C)(CNS(=O)(=O)c1ccc(Br)c(F)c1)C(=O)O. The Morgan fingerprint density at radius 1 is 1.50 bits per heavy atom. The molecule has 0 aliphatic carbocycles. The summed E-state index contributed by atoms with van der Waals surface area (Å²) in [5.41, 5.74) is -1.21. The summed E-state index contributed by atoms with van der Waals surface area (Å²) in [6.07, 6.45) is 0.263. The Bertz CT molecular complexity index is 620. The number of hydrogen-bond acceptors (Lipinski definition) is 3. The molecule has 0 saturated heterocycles. The lowest BCUT2D eigenvalue weighted by atomic mass is 9.88. The molecule has 0 aliphatic rings. The predicted octanol–water partition coefficient (Wildman–Crippen LogP) is 2.37. The summed E-state index contributed by atoms with van der Waals surface area (Å²) < 4.78 is 39.7. The van der Waals surface area contributed by atoms with Gasteiger partial charge in [0.1, 0.15) is 5.82 Å². The number of carboxylic acids is 1. The fourth-order valence-electron chi connectivity index (χ4n) is 1.33. The van der Waals surface area contributed by atoms with E-state index in [-0.39, 0.29) is 22.3 Å². The third-order valence-electron chi connectivity index (χ3n) is 3.15. The maximum absolute atomic E-state index is 13.3. The molecule has 0 bridgehead atoms. The van der Waals surface area contributed by atoms with Gasteiger partial charge in [-0.1, -0.05) is 6.92 Å². The molecule has 0 amide bonds. The maximum Gasteiger partial charge on any atom is 0.310 e. The van der Waals surface area contributed by atoms with Gasteiger partial charge >= 0.3 is 5.97 Å². The van der Waals surface area contributed by atoms with Gasteiger partial charge in [0.25, 0.3) is 0 Å². The van der Waals surface area contributed by atoms with Crippen LogP contribution in [0.3, 0.4) is 0 Å². The van der Waals surface area contributed by atoms with Gasteiger partial charge in [0.15, 0.2) is 0 Å². The van der Waals surface area contributed by atoms with Crippen molar-refractivity contribution in [3.8, 4) is 0 Å². The van der Waals surface area contributed by atoms with Gasteiger partial charge in [-0.2, -0.15) is 0 Å². The van der Waals surface area contributed by atoms with E-state index in [1.165, 1.54) is 19.1 Å². The number of aliphatic carboxylic acids is 1. The highest BCUT2D eigenvalue weighted by Crippen LogP contribution is 2.22.